The van der Waals surface area contributed by atoms with Crippen molar-refractivity contribution < 1.29 is 28.0 Å². The van der Waals surface area contributed by atoms with Gasteiger partial charge >= 0.3 is 0 Å². The highest BCUT2D eigenvalue weighted by molar-refractivity contribution is 8.27. The zero-order valence-corrected chi connectivity index (χ0v) is 25.1. The van der Waals surface area contributed by atoms with Gasteiger partial charge in [0, 0.05) is 64.3 Å². The number of nitrogens with zero attached hydrogens (tertiary/aromatic N) is 4. The molecule has 14 heteroatoms. The van der Waals surface area contributed by atoms with E-state index in [2.05, 4.69) is 0 Å². The number of carbonyl (C=O) groups is 4. The van der Waals surface area contributed by atoms with E-state index >= 15 is 0 Å². The van der Waals surface area contributed by atoms with Crippen LogP contribution in [-0.4, -0.2) is 91.1 Å². The first-order valence-electron chi connectivity index (χ1n) is 12.9. The fraction of sp³-hybridized carbons (Fsp3) is 0.333. The highest BCUT2D eigenvalue weighted by Crippen LogP contribution is 2.34. The summed E-state index contributed by atoms with van der Waals surface area (Å²) < 4.78 is 11.4. The molecular weight excluding hydrogens is 605 g/mol. The summed E-state index contributed by atoms with van der Waals surface area (Å²) in [6.45, 7) is 2.28. The number of hydrogen-bond donors (Lipinski definition) is 0. The van der Waals surface area contributed by atoms with Crippen molar-refractivity contribution in [3.05, 3.63) is 58.1 Å². The summed E-state index contributed by atoms with van der Waals surface area (Å²) >= 11 is 13.1. The summed E-state index contributed by atoms with van der Waals surface area (Å²) in [6.07, 6.45) is 7.29. The molecule has 0 aromatic carbocycles. The average Bonchev–Trinajstić information content (AvgIpc) is 3.76. The van der Waals surface area contributed by atoms with Gasteiger partial charge < -0.3 is 18.6 Å². The molecule has 5 heterocycles. The predicted molar refractivity (Wildman–Crippen MR) is 164 cm³/mol. The molecule has 0 radical (unpaired) electrons. The normalized spacial score (nSPS) is 19.9. The van der Waals surface area contributed by atoms with E-state index in [0.29, 0.717) is 69.1 Å². The standard InChI is InChI=1S/C27H26N4O6S4/c32-22(6-1-8-30-24(34)20(40-26(30)38)16-18-4-2-14-36-18)28-10-12-29(13-11-28)23(33)7-9-31-25(35)21(41-27(31)39)17-19-5-3-15-37-19/h2-5,14-17H,1,6-13H2. The second kappa shape index (κ2) is 13.2. The van der Waals surface area contributed by atoms with Gasteiger partial charge in [-0.3, -0.25) is 29.0 Å². The molecule has 0 spiro atoms. The molecule has 2 aromatic rings. The molecular formula is C27H26N4O6S4. The molecule has 5 rings (SSSR count). The maximum atomic E-state index is 12.8. The zero-order valence-electron chi connectivity index (χ0n) is 21.9. The Hall–Kier alpha value is -3.20. The highest BCUT2D eigenvalue weighted by Gasteiger charge is 2.34. The second-order valence-corrected chi connectivity index (χ2v) is 12.7. The van der Waals surface area contributed by atoms with Gasteiger partial charge in [0.2, 0.25) is 11.8 Å². The van der Waals surface area contributed by atoms with Crippen LogP contribution >= 0.6 is 48.0 Å². The van der Waals surface area contributed by atoms with E-state index in [1.165, 1.54) is 45.8 Å². The smallest absolute Gasteiger partial charge is 0.266 e. The first-order valence-corrected chi connectivity index (χ1v) is 15.4. The van der Waals surface area contributed by atoms with Gasteiger partial charge in [0.15, 0.2) is 0 Å². The molecule has 214 valence electrons. The van der Waals surface area contributed by atoms with E-state index in [-0.39, 0.29) is 43.0 Å². The molecule has 0 aliphatic carbocycles. The van der Waals surface area contributed by atoms with Crippen LogP contribution in [0.2, 0.25) is 0 Å². The Morgan fingerprint density at radius 1 is 0.756 bits per heavy atom. The van der Waals surface area contributed by atoms with Crippen molar-refractivity contribution in [2.75, 3.05) is 39.3 Å². The van der Waals surface area contributed by atoms with Gasteiger partial charge in [0.05, 0.1) is 22.3 Å². The number of carbonyl (C=O) groups excluding carboxylic acids is 4. The van der Waals surface area contributed by atoms with Crippen molar-refractivity contribution in [1.82, 2.24) is 19.6 Å². The summed E-state index contributed by atoms with van der Waals surface area (Å²) in [5.74, 6) is 0.619. The monoisotopic (exact) mass is 630 g/mol. The van der Waals surface area contributed by atoms with Crippen LogP contribution < -0.4 is 0 Å². The van der Waals surface area contributed by atoms with Crippen molar-refractivity contribution in [3.8, 4) is 0 Å². The Bertz CT molecular complexity index is 1410. The second-order valence-electron chi connectivity index (χ2n) is 9.31. The van der Waals surface area contributed by atoms with Crippen LogP contribution in [0.25, 0.3) is 12.2 Å². The van der Waals surface area contributed by atoms with Gasteiger partial charge in [-0.2, -0.15) is 0 Å². The maximum absolute atomic E-state index is 12.8. The minimum atomic E-state index is -0.237. The molecule has 0 atom stereocenters. The fourth-order valence-corrected chi connectivity index (χ4v) is 7.09. The van der Waals surface area contributed by atoms with Gasteiger partial charge in [-0.25, -0.2) is 0 Å². The predicted octanol–water partition coefficient (Wildman–Crippen LogP) is 3.82. The third kappa shape index (κ3) is 7.00. The Labute approximate surface area is 255 Å². The third-order valence-corrected chi connectivity index (χ3v) is 9.44. The number of hydrogen-bond acceptors (Lipinski definition) is 10. The largest absolute Gasteiger partial charge is 0.465 e. The topological polar surface area (TPSA) is 108 Å². The Balaban J connectivity index is 1.02. The lowest BCUT2D eigenvalue weighted by molar-refractivity contribution is -0.140. The number of piperazine rings is 1. The molecule has 0 saturated carbocycles. The number of furan rings is 2. The molecule has 41 heavy (non-hydrogen) atoms. The first-order chi connectivity index (χ1) is 19.8. The average molecular weight is 631 g/mol. The SMILES string of the molecule is O=C(CCCN1C(=O)C(=Cc2ccco2)SC1=S)N1CCN(C(=O)CCN2C(=O)C(=Cc3ccco3)SC2=S)CC1. The molecule has 3 fully saturated rings. The van der Waals surface area contributed by atoms with Gasteiger partial charge in [0.25, 0.3) is 11.8 Å². The number of amides is 4. The highest BCUT2D eigenvalue weighted by atomic mass is 32.2. The van der Waals surface area contributed by atoms with E-state index in [4.69, 9.17) is 33.3 Å². The van der Waals surface area contributed by atoms with Crippen LogP contribution in [0.5, 0.6) is 0 Å². The van der Waals surface area contributed by atoms with E-state index in [1.807, 2.05) is 0 Å². The Morgan fingerprint density at radius 3 is 1.68 bits per heavy atom. The summed E-state index contributed by atoms with van der Waals surface area (Å²) in [4.78, 5) is 58.4. The van der Waals surface area contributed by atoms with Gasteiger partial charge in [0.1, 0.15) is 20.2 Å². The lowest BCUT2D eigenvalue weighted by Gasteiger charge is -2.35. The van der Waals surface area contributed by atoms with Crippen LogP contribution in [0.3, 0.4) is 0 Å². The van der Waals surface area contributed by atoms with E-state index < -0.39 is 0 Å². The van der Waals surface area contributed by atoms with Crippen molar-refractivity contribution in [2.24, 2.45) is 0 Å². The molecule has 2 aromatic heterocycles. The van der Waals surface area contributed by atoms with Gasteiger partial charge in [-0.15, -0.1) is 0 Å². The quantitative estimate of drug-likeness (QED) is 0.300. The van der Waals surface area contributed by atoms with Crippen LogP contribution in [0, 0.1) is 0 Å². The van der Waals surface area contributed by atoms with Gasteiger partial charge in [-0.05, 0) is 30.7 Å². The molecule has 3 saturated heterocycles. The van der Waals surface area contributed by atoms with Crippen molar-refractivity contribution >= 4 is 92.4 Å². The molecule has 0 unspecified atom stereocenters. The molecule has 10 nitrogen and oxygen atoms in total. The molecule has 3 aliphatic rings. The van der Waals surface area contributed by atoms with E-state index in [0.717, 1.165) is 0 Å². The van der Waals surface area contributed by atoms with Crippen LogP contribution in [0.1, 0.15) is 30.8 Å². The zero-order chi connectivity index (χ0) is 28.9. The van der Waals surface area contributed by atoms with Crippen molar-refractivity contribution in [2.45, 2.75) is 19.3 Å². The lowest BCUT2D eigenvalue weighted by atomic mass is 10.2. The van der Waals surface area contributed by atoms with Crippen molar-refractivity contribution in [3.63, 3.8) is 0 Å². The molecule has 0 bridgehead atoms. The summed E-state index contributed by atoms with van der Waals surface area (Å²) in [7, 11) is 0. The number of thiocarbonyl (C=S) groups is 2. The third-order valence-electron chi connectivity index (χ3n) is 6.69. The van der Waals surface area contributed by atoms with Gasteiger partial charge in [-0.1, -0.05) is 48.0 Å². The van der Waals surface area contributed by atoms with Crippen LogP contribution in [0.4, 0.5) is 0 Å². The fourth-order valence-electron chi connectivity index (χ4n) is 4.51. The number of rotatable bonds is 9. The Kier molecular flexibility index (Phi) is 9.42. The summed E-state index contributed by atoms with van der Waals surface area (Å²) in [5.41, 5.74) is 0. The first kappa shape index (κ1) is 29.3. The van der Waals surface area contributed by atoms with E-state index in [1.54, 1.807) is 46.2 Å². The molecule has 3 aliphatic heterocycles. The summed E-state index contributed by atoms with van der Waals surface area (Å²) in [6, 6.07) is 7.00. The minimum absolute atomic E-state index is 0.0189. The van der Waals surface area contributed by atoms with Crippen LogP contribution in [-0.2, 0) is 19.2 Å². The lowest BCUT2D eigenvalue weighted by Crippen LogP contribution is -2.51. The van der Waals surface area contributed by atoms with Crippen LogP contribution in [0.15, 0.2) is 55.4 Å². The molecule has 4 amide bonds. The molecule has 0 N–H and O–H groups in total. The maximum Gasteiger partial charge on any atom is 0.266 e. The number of thioether (sulfide) groups is 2. The van der Waals surface area contributed by atoms with Crippen molar-refractivity contribution in [1.29, 1.82) is 0 Å². The Morgan fingerprint density at radius 2 is 1.22 bits per heavy atom. The summed E-state index contributed by atoms with van der Waals surface area (Å²) in [5, 5.41) is 0. The van der Waals surface area contributed by atoms with E-state index in [9.17, 15) is 19.2 Å². The minimum Gasteiger partial charge on any atom is -0.465 e.